The molecule has 0 N–H and O–H groups in total. The van der Waals surface area contributed by atoms with Crippen LogP contribution in [-0.4, -0.2) is 11.3 Å². The van der Waals surface area contributed by atoms with Crippen molar-refractivity contribution in [3.05, 3.63) is 82.9 Å². The van der Waals surface area contributed by atoms with Crippen LogP contribution >= 0.6 is 0 Å². The van der Waals surface area contributed by atoms with Gasteiger partial charge in [-0.05, 0) is 47.5 Å². The van der Waals surface area contributed by atoms with E-state index in [0.717, 1.165) is 0 Å². The van der Waals surface area contributed by atoms with Gasteiger partial charge >= 0.3 is 12.0 Å². The summed E-state index contributed by atoms with van der Waals surface area (Å²) in [4.78, 5) is 10.7. The number of alkyl halides is 3. The van der Waals surface area contributed by atoms with Crippen molar-refractivity contribution in [1.29, 1.82) is 0 Å². The van der Waals surface area contributed by atoms with E-state index in [2.05, 4.69) is 4.74 Å². The largest absolute Gasteiger partial charge is 0.573 e. The summed E-state index contributed by atoms with van der Waals surface area (Å²) in [7, 11) is 0. The van der Waals surface area contributed by atoms with Crippen LogP contribution in [0.4, 0.5) is 18.9 Å². The Morgan fingerprint density at radius 2 is 1.44 bits per heavy atom. The minimum absolute atomic E-state index is 0.0271. The smallest absolute Gasteiger partial charge is 0.450 e. The Balaban J connectivity index is 1.92. The molecule has 8 heteroatoms. The van der Waals surface area contributed by atoms with Gasteiger partial charge in [0.2, 0.25) is 5.75 Å². The molecule has 27 heavy (non-hydrogen) atoms. The third-order valence-electron chi connectivity index (χ3n) is 3.55. The van der Waals surface area contributed by atoms with Gasteiger partial charge < -0.3 is 9.47 Å². The lowest BCUT2D eigenvalue weighted by Crippen LogP contribution is -2.16. The first-order valence-electron chi connectivity index (χ1n) is 7.69. The van der Waals surface area contributed by atoms with E-state index in [-0.39, 0.29) is 17.2 Å². The van der Waals surface area contributed by atoms with Crippen LogP contribution in [0.25, 0.3) is 11.1 Å². The number of ether oxygens (including phenoxy) is 2. The van der Waals surface area contributed by atoms with Gasteiger partial charge in [0.15, 0.2) is 0 Å². The third-order valence-corrected chi connectivity index (χ3v) is 3.55. The number of para-hydroxylation sites is 1. The minimum atomic E-state index is -4.77. The van der Waals surface area contributed by atoms with Crippen LogP contribution in [0, 0.1) is 10.1 Å². The fourth-order valence-corrected chi connectivity index (χ4v) is 2.39. The predicted octanol–water partition coefficient (Wildman–Crippen LogP) is 5.95. The lowest BCUT2D eigenvalue weighted by Gasteiger charge is -2.11. The second kappa shape index (κ2) is 7.36. The first kappa shape index (κ1) is 18.2. The molecular formula is C19H12F3NO4. The highest BCUT2D eigenvalue weighted by atomic mass is 19.4. The molecule has 3 aromatic carbocycles. The van der Waals surface area contributed by atoms with Gasteiger partial charge in [0, 0.05) is 6.07 Å². The van der Waals surface area contributed by atoms with Crippen molar-refractivity contribution in [2.24, 2.45) is 0 Å². The fourth-order valence-electron chi connectivity index (χ4n) is 2.39. The Bertz CT molecular complexity index is 941. The van der Waals surface area contributed by atoms with Crippen LogP contribution in [-0.2, 0) is 0 Å². The summed E-state index contributed by atoms with van der Waals surface area (Å²) in [6.07, 6.45) is -4.77. The van der Waals surface area contributed by atoms with E-state index < -0.39 is 11.3 Å². The van der Waals surface area contributed by atoms with E-state index in [9.17, 15) is 23.3 Å². The van der Waals surface area contributed by atoms with Crippen molar-refractivity contribution in [2.75, 3.05) is 0 Å². The standard InChI is InChI=1S/C19H12F3NO4/c20-19(21,22)27-16-9-6-13(7-10-16)14-8-11-17(23(24)25)18(12-14)26-15-4-2-1-3-5-15/h1-12H. The number of nitro groups is 1. The molecule has 0 saturated heterocycles. The zero-order chi connectivity index (χ0) is 19.4. The van der Waals surface area contributed by atoms with Crippen LogP contribution in [0.1, 0.15) is 0 Å². The van der Waals surface area contributed by atoms with E-state index >= 15 is 0 Å². The van der Waals surface area contributed by atoms with Gasteiger partial charge in [0.25, 0.3) is 0 Å². The van der Waals surface area contributed by atoms with E-state index in [1.54, 1.807) is 30.3 Å². The molecule has 0 amide bonds. The zero-order valence-corrected chi connectivity index (χ0v) is 13.6. The van der Waals surface area contributed by atoms with Crippen molar-refractivity contribution in [3.8, 4) is 28.4 Å². The molecule has 0 fully saturated rings. The molecule has 0 aliphatic heterocycles. The minimum Gasteiger partial charge on any atom is -0.450 e. The van der Waals surface area contributed by atoms with Crippen molar-refractivity contribution in [1.82, 2.24) is 0 Å². The van der Waals surface area contributed by atoms with Gasteiger partial charge in [-0.15, -0.1) is 13.2 Å². The van der Waals surface area contributed by atoms with Gasteiger partial charge in [0.1, 0.15) is 11.5 Å². The Kier molecular flexibility index (Phi) is 4.98. The number of halogens is 3. The molecule has 0 bridgehead atoms. The van der Waals surface area contributed by atoms with Crippen molar-refractivity contribution in [2.45, 2.75) is 6.36 Å². The average molecular weight is 375 g/mol. The van der Waals surface area contributed by atoms with Crippen LogP contribution < -0.4 is 9.47 Å². The second-order valence-corrected chi connectivity index (χ2v) is 5.43. The highest BCUT2D eigenvalue weighted by molar-refractivity contribution is 5.69. The van der Waals surface area contributed by atoms with Gasteiger partial charge in [0.05, 0.1) is 4.92 Å². The van der Waals surface area contributed by atoms with Crippen molar-refractivity contribution >= 4 is 5.69 Å². The molecule has 5 nitrogen and oxygen atoms in total. The Labute approximate surface area is 151 Å². The fraction of sp³-hybridized carbons (Fsp3) is 0.0526. The maximum atomic E-state index is 12.2. The summed E-state index contributed by atoms with van der Waals surface area (Å²) in [5.41, 5.74) is 0.877. The number of rotatable bonds is 5. The Hall–Kier alpha value is -3.55. The van der Waals surface area contributed by atoms with Crippen LogP contribution in [0.15, 0.2) is 72.8 Å². The molecule has 3 rings (SSSR count). The van der Waals surface area contributed by atoms with E-state index in [1.165, 1.54) is 42.5 Å². The molecule has 0 aliphatic carbocycles. The van der Waals surface area contributed by atoms with Gasteiger partial charge in [-0.25, -0.2) is 0 Å². The van der Waals surface area contributed by atoms with E-state index in [4.69, 9.17) is 4.74 Å². The number of nitro benzene ring substituents is 1. The van der Waals surface area contributed by atoms with Gasteiger partial charge in [-0.2, -0.15) is 0 Å². The van der Waals surface area contributed by atoms with Crippen LogP contribution in [0.5, 0.6) is 17.2 Å². The molecule has 0 unspecified atom stereocenters. The summed E-state index contributed by atoms with van der Waals surface area (Å²) in [5.74, 6) is 0.0971. The Morgan fingerprint density at radius 3 is 2.04 bits per heavy atom. The molecule has 0 heterocycles. The normalized spacial score (nSPS) is 11.1. The topological polar surface area (TPSA) is 61.6 Å². The molecule has 0 saturated carbocycles. The summed E-state index contributed by atoms with van der Waals surface area (Å²) in [6, 6.07) is 18.0. The van der Waals surface area contributed by atoms with Crippen molar-refractivity contribution < 1.29 is 27.6 Å². The predicted molar refractivity (Wildman–Crippen MR) is 91.7 cm³/mol. The first-order valence-corrected chi connectivity index (χ1v) is 7.69. The highest BCUT2D eigenvalue weighted by Crippen LogP contribution is 2.36. The molecule has 0 spiro atoms. The maximum absolute atomic E-state index is 12.2. The molecule has 0 aromatic heterocycles. The Morgan fingerprint density at radius 1 is 0.815 bits per heavy atom. The molecule has 0 aliphatic rings. The lowest BCUT2D eigenvalue weighted by atomic mass is 10.0. The summed E-state index contributed by atoms with van der Waals surface area (Å²) in [5, 5.41) is 11.2. The number of benzene rings is 3. The first-order chi connectivity index (χ1) is 12.8. The molecule has 0 radical (unpaired) electrons. The quantitative estimate of drug-likeness (QED) is 0.408. The number of nitrogens with zero attached hydrogens (tertiary/aromatic N) is 1. The SMILES string of the molecule is O=[N+]([O-])c1ccc(-c2ccc(OC(F)(F)F)cc2)cc1Oc1ccccc1. The summed E-state index contributed by atoms with van der Waals surface area (Å²) < 4.78 is 46.2. The van der Waals surface area contributed by atoms with Gasteiger partial charge in [-0.1, -0.05) is 30.3 Å². The van der Waals surface area contributed by atoms with Crippen LogP contribution in [0.2, 0.25) is 0 Å². The molecule has 3 aromatic rings. The number of hydrogen-bond acceptors (Lipinski definition) is 4. The molecule has 138 valence electrons. The number of hydrogen-bond donors (Lipinski definition) is 0. The van der Waals surface area contributed by atoms with Crippen LogP contribution in [0.3, 0.4) is 0 Å². The molecular weight excluding hydrogens is 363 g/mol. The summed E-state index contributed by atoms with van der Waals surface area (Å²) >= 11 is 0. The van der Waals surface area contributed by atoms with E-state index in [0.29, 0.717) is 16.9 Å². The highest BCUT2D eigenvalue weighted by Gasteiger charge is 2.31. The average Bonchev–Trinajstić information content (AvgIpc) is 2.61. The third kappa shape index (κ3) is 4.75. The molecule has 0 atom stereocenters. The van der Waals surface area contributed by atoms with Crippen molar-refractivity contribution in [3.63, 3.8) is 0 Å². The lowest BCUT2D eigenvalue weighted by molar-refractivity contribution is -0.385. The summed E-state index contributed by atoms with van der Waals surface area (Å²) in [6.45, 7) is 0. The monoisotopic (exact) mass is 375 g/mol. The van der Waals surface area contributed by atoms with E-state index in [1.807, 2.05) is 0 Å². The van der Waals surface area contributed by atoms with Gasteiger partial charge in [-0.3, -0.25) is 10.1 Å². The maximum Gasteiger partial charge on any atom is 0.573 e. The zero-order valence-electron chi connectivity index (χ0n) is 13.6. The second-order valence-electron chi connectivity index (χ2n) is 5.43.